The van der Waals surface area contributed by atoms with Crippen LogP contribution in [0.3, 0.4) is 0 Å². The fourth-order valence-corrected chi connectivity index (χ4v) is 1.50. The quantitative estimate of drug-likeness (QED) is 0.808. The van der Waals surface area contributed by atoms with Crippen molar-refractivity contribution in [3.63, 3.8) is 0 Å². The van der Waals surface area contributed by atoms with Crippen molar-refractivity contribution in [2.24, 2.45) is 7.05 Å². The average molecular weight is 246 g/mol. The summed E-state index contributed by atoms with van der Waals surface area (Å²) in [5, 5.41) is 8.77. The summed E-state index contributed by atoms with van der Waals surface area (Å²) in [5.74, 6) is -1.03. The highest BCUT2D eigenvalue weighted by molar-refractivity contribution is 9.10. The maximum absolute atomic E-state index is 11.3. The summed E-state index contributed by atoms with van der Waals surface area (Å²) in [4.78, 5) is 22.0. The number of rotatable bonds is 1. The Balaban J connectivity index is 3.60. The Bertz CT molecular complexity index is 422. The molecule has 0 bridgehead atoms. The second kappa shape index (κ2) is 3.33. The number of carboxylic acids is 1. The summed E-state index contributed by atoms with van der Waals surface area (Å²) < 4.78 is 1.56. The smallest absolute Gasteiger partial charge is 0.337 e. The van der Waals surface area contributed by atoms with Crippen molar-refractivity contribution >= 4 is 21.9 Å². The van der Waals surface area contributed by atoms with E-state index in [4.69, 9.17) is 5.11 Å². The first kappa shape index (κ1) is 9.98. The monoisotopic (exact) mass is 245 g/mol. The number of carboxylic acid groups (broad SMARTS) is 1. The van der Waals surface area contributed by atoms with Gasteiger partial charge in [-0.1, -0.05) is 0 Å². The lowest BCUT2D eigenvalue weighted by molar-refractivity contribution is 0.0695. The number of pyridine rings is 1. The standard InChI is InChI=1S/C8H8BrNO3/c1-4-5(8(12)13)3-6(9)7(11)10(4)2/h3H,1-2H3,(H,12,13). The van der Waals surface area contributed by atoms with Gasteiger partial charge in [0, 0.05) is 12.7 Å². The van der Waals surface area contributed by atoms with Gasteiger partial charge in [0.05, 0.1) is 10.0 Å². The van der Waals surface area contributed by atoms with Crippen LogP contribution in [-0.4, -0.2) is 15.6 Å². The zero-order valence-corrected chi connectivity index (χ0v) is 8.75. The molecule has 4 nitrogen and oxygen atoms in total. The van der Waals surface area contributed by atoms with Crippen LogP contribution in [0.4, 0.5) is 0 Å². The number of hydrogen-bond acceptors (Lipinski definition) is 2. The minimum absolute atomic E-state index is 0.133. The normalized spacial score (nSPS) is 10.1. The first-order valence-electron chi connectivity index (χ1n) is 3.54. The van der Waals surface area contributed by atoms with Crippen LogP contribution in [0.1, 0.15) is 16.1 Å². The van der Waals surface area contributed by atoms with Gasteiger partial charge in [-0.05, 0) is 28.9 Å². The molecule has 1 N–H and O–H groups in total. The average Bonchev–Trinajstić information content (AvgIpc) is 2.07. The lowest BCUT2D eigenvalue weighted by atomic mass is 10.2. The molecule has 1 aromatic heterocycles. The summed E-state index contributed by atoms with van der Waals surface area (Å²) in [6.07, 6.45) is 0. The zero-order valence-electron chi connectivity index (χ0n) is 7.17. The Morgan fingerprint density at radius 2 is 2.15 bits per heavy atom. The molecule has 5 heteroatoms. The second-order valence-electron chi connectivity index (χ2n) is 2.66. The Kier molecular flexibility index (Phi) is 2.56. The van der Waals surface area contributed by atoms with E-state index in [0.29, 0.717) is 5.69 Å². The molecule has 0 fully saturated rings. The number of halogens is 1. The molecule has 0 aliphatic carbocycles. The van der Waals surface area contributed by atoms with E-state index in [0.717, 1.165) is 0 Å². The third kappa shape index (κ3) is 1.65. The molecule has 0 saturated heterocycles. The first-order valence-corrected chi connectivity index (χ1v) is 4.34. The van der Waals surface area contributed by atoms with Gasteiger partial charge in [0.2, 0.25) is 0 Å². The lowest BCUT2D eigenvalue weighted by Crippen LogP contribution is -2.22. The van der Waals surface area contributed by atoms with Crippen molar-refractivity contribution in [1.82, 2.24) is 4.57 Å². The van der Waals surface area contributed by atoms with E-state index in [1.807, 2.05) is 0 Å². The molecule has 0 aliphatic heterocycles. The van der Waals surface area contributed by atoms with Crippen LogP contribution >= 0.6 is 15.9 Å². The van der Waals surface area contributed by atoms with Gasteiger partial charge in [-0.2, -0.15) is 0 Å². The maximum atomic E-state index is 11.3. The largest absolute Gasteiger partial charge is 0.478 e. The maximum Gasteiger partial charge on any atom is 0.337 e. The fourth-order valence-electron chi connectivity index (χ4n) is 1.00. The fraction of sp³-hybridized carbons (Fsp3) is 0.250. The van der Waals surface area contributed by atoms with Gasteiger partial charge in [-0.15, -0.1) is 0 Å². The van der Waals surface area contributed by atoms with Crippen molar-refractivity contribution in [1.29, 1.82) is 0 Å². The van der Waals surface area contributed by atoms with Gasteiger partial charge in [0.25, 0.3) is 5.56 Å². The Labute approximate surface area is 82.9 Å². The van der Waals surface area contributed by atoms with Crippen LogP contribution in [0.2, 0.25) is 0 Å². The van der Waals surface area contributed by atoms with Gasteiger partial charge in [0.1, 0.15) is 0 Å². The van der Waals surface area contributed by atoms with E-state index >= 15 is 0 Å². The van der Waals surface area contributed by atoms with Crippen LogP contribution in [0.5, 0.6) is 0 Å². The zero-order chi connectivity index (χ0) is 10.2. The molecule has 0 aromatic carbocycles. The molecule has 1 heterocycles. The highest BCUT2D eigenvalue weighted by atomic mass is 79.9. The molecule has 0 unspecified atom stereocenters. The summed E-state index contributed by atoms with van der Waals surface area (Å²) in [6, 6.07) is 1.32. The van der Waals surface area contributed by atoms with Crippen LogP contribution in [0, 0.1) is 6.92 Å². The van der Waals surface area contributed by atoms with Crippen LogP contribution in [-0.2, 0) is 7.05 Å². The topological polar surface area (TPSA) is 59.3 Å². The number of hydrogen-bond donors (Lipinski definition) is 1. The second-order valence-corrected chi connectivity index (χ2v) is 3.52. The number of aromatic nitrogens is 1. The van der Waals surface area contributed by atoms with Gasteiger partial charge in [-0.25, -0.2) is 4.79 Å². The summed E-state index contributed by atoms with van der Waals surface area (Å²) in [7, 11) is 1.54. The van der Waals surface area contributed by atoms with Crippen molar-refractivity contribution in [2.45, 2.75) is 6.92 Å². The van der Waals surface area contributed by atoms with Crippen molar-refractivity contribution in [3.05, 3.63) is 32.2 Å². The highest BCUT2D eigenvalue weighted by Crippen LogP contribution is 2.10. The molecule has 1 aromatic rings. The minimum atomic E-state index is -1.03. The molecule has 1 rings (SSSR count). The molecule has 0 radical (unpaired) electrons. The predicted octanol–water partition coefficient (Wildman–Crippen LogP) is 1.15. The molecule has 0 spiro atoms. The van der Waals surface area contributed by atoms with Gasteiger partial charge in [0.15, 0.2) is 0 Å². The summed E-state index contributed by atoms with van der Waals surface area (Å²) >= 11 is 3.00. The van der Waals surface area contributed by atoms with Gasteiger partial charge < -0.3 is 9.67 Å². The third-order valence-electron chi connectivity index (χ3n) is 1.90. The number of carbonyl (C=O) groups is 1. The van der Waals surface area contributed by atoms with Gasteiger partial charge in [-0.3, -0.25) is 4.79 Å². The van der Waals surface area contributed by atoms with Crippen molar-refractivity contribution in [3.8, 4) is 0 Å². The van der Waals surface area contributed by atoms with Crippen LogP contribution in [0.25, 0.3) is 0 Å². The molecule has 70 valence electrons. The summed E-state index contributed by atoms with van der Waals surface area (Å²) in [5.41, 5.74) is 0.345. The Morgan fingerprint density at radius 1 is 1.62 bits per heavy atom. The van der Waals surface area contributed by atoms with Crippen LogP contribution < -0.4 is 5.56 Å². The summed E-state index contributed by atoms with van der Waals surface area (Å²) in [6.45, 7) is 1.59. The van der Waals surface area contributed by atoms with Gasteiger partial charge >= 0.3 is 5.97 Å². The first-order chi connectivity index (χ1) is 5.95. The predicted molar refractivity (Wildman–Crippen MR) is 51.1 cm³/mol. The molecular formula is C8H8BrNO3. The van der Waals surface area contributed by atoms with E-state index in [9.17, 15) is 9.59 Å². The number of aromatic carboxylic acids is 1. The van der Waals surface area contributed by atoms with E-state index < -0.39 is 5.97 Å². The molecule has 0 amide bonds. The third-order valence-corrected chi connectivity index (χ3v) is 2.47. The van der Waals surface area contributed by atoms with E-state index in [2.05, 4.69) is 15.9 Å². The van der Waals surface area contributed by atoms with E-state index in [-0.39, 0.29) is 15.6 Å². The van der Waals surface area contributed by atoms with Crippen molar-refractivity contribution < 1.29 is 9.90 Å². The minimum Gasteiger partial charge on any atom is -0.478 e. The van der Waals surface area contributed by atoms with Crippen LogP contribution in [0.15, 0.2) is 15.3 Å². The SMILES string of the molecule is Cc1c(C(=O)O)cc(Br)c(=O)n1C. The Morgan fingerprint density at radius 3 is 2.62 bits per heavy atom. The number of nitrogens with zero attached hydrogens (tertiary/aromatic N) is 1. The molecule has 0 aliphatic rings. The molecule has 0 atom stereocenters. The van der Waals surface area contributed by atoms with E-state index in [1.54, 1.807) is 6.92 Å². The molecular weight excluding hydrogens is 238 g/mol. The van der Waals surface area contributed by atoms with E-state index in [1.165, 1.54) is 17.7 Å². The lowest BCUT2D eigenvalue weighted by Gasteiger charge is -2.07. The molecule has 0 saturated carbocycles. The Hall–Kier alpha value is -1.10. The molecule has 13 heavy (non-hydrogen) atoms. The van der Waals surface area contributed by atoms with Crippen molar-refractivity contribution in [2.75, 3.05) is 0 Å². The highest BCUT2D eigenvalue weighted by Gasteiger charge is 2.12.